The van der Waals surface area contributed by atoms with Crippen molar-refractivity contribution in [1.82, 2.24) is 15.2 Å². The Bertz CT molecular complexity index is 444. The highest BCUT2D eigenvalue weighted by Gasteiger charge is 2.39. The second kappa shape index (κ2) is 5.29. The van der Waals surface area contributed by atoms with Crippen LogP contribution in [0.2, 0.25) is 0 Å². The summed E-state index contributed by atoms with van der Waals surface area (Å²) in [6, 6.07) is 4.46. The van der Waals surface area contributed by atoms with E-state index in [-0.39, 0.29) is 11.9 Å². The van der Waals surface area contributed by atoms with Gasteiger partial charge in [0.05, 0.1) is 6.04 Å². The van der Waals surface area contributed by atoms with E-state index in [9.17, 15) is 4.79 Å². The van der Waals surface area contributed by atoms with Crippen LogP contribution in [0.5, 0.6) is 0 Å². The van der Waals surface area contributed by atoms with Crippen LogP contribution in [0.25, 0.3) is 0 Å². The summed E-state index contributed by atoms with van der Waals surface area (Å²) in [5.41, 5.74) is 1.17. The van der Waals surface area contributed by atoms with Crippen LogP contribution in [0, 0.1) is 5.92 Å². The third-order valence-corrected chi connectivity index (χ3v) is 4.17. The lowest BCUT2D eigenvalue weighted by molar-refractivity contribution is -0.135. The minimum Gasteiger partial charge on any atom is -0.334 e. The molecule has 4 heteroatoms. The molecule has 102 valence electrons. The van der Waals surface area contributed by atoms with Crippen molar-refractivity contribution < 1.29 is 4.79 Å². The van der Waals surface area contributed by atoms with Gasteiger partial charge in [0.15, 0.2) is 0 Å². The maximum atomic E-state index is 12.7. The third-order valence-electron chi connectivity index (χ3n) is 4.17. The van der Waals surface area contributed by atoms with Crippen molar-refractivity contribution in [2.75, 3.05) is 6.54 Å². The number of amides is 1. The third kappa shape index (κ3) is 2.78. The fourth-order valence-corrected chi connectivity index (χ4v) is 2.80. The molecule has 1 aromatic rings. The number of hydrogen-bond donors (Lipinski definition) is 1. The molecule has 0 radical (unpaired) electrons. The van der Waals surface area contributed by atoms with Gasteiger partial charge in [-0.05, 0) is 49.4 Å². The van der Waals surface area contributed by atoms with Crippen molar-refractivity contribution in [2.45, 2.75) is 44.8 Å². The van der Waals surface area contributed by atoms with Gasteiger partial charge in [0.2, 0.25) is 5.91 Å². The summed E-state index contributed by atoms with van der Waals surface area (Å²) in [4.78, 5) is 18.8. The summed E-state index contributed by atoms with van der Waals surface area (Å²) in [6.45, 7) is 3.85. The van der Waals surface area contributed by atoms with Gasteiger partial charge in [-0.15, -0.1) is 0 Å². The first-order chi connectivity index (χ1) is 9.25. The maximum Gasteiger partial charge on any atom is 0.240 e. The summed E-state index contributed by atoms with van der Waals surface area (Å²) in [6.07, 6.45) is 6.99. The Morgan fingerprint density at radius 1 is 1.37 bits per heavy atom. The van der Waals surface area contributed by atoms with Gasteiger partial charge >= 0.3 is 0 Å². The summed E-state index contributed by atoms with van der Waals surface area (Å²) in [5, 5.41) is 3.35. The Hall–Kier alpha value is -1.42. The van der Waals surface area contributed by atoms with E-state index in [4.69, 9.17) is 0 Å². The largest absolute Gasteiger partial charge is 0.334 e. The molecule has 1 aromatic heterocycles. The lowest BCUT2D eigenvalue weighted by Crippen LogP contribution is -2.46. The number of aromatic nitrogens is 1. The van der Waals surface area contributed by atoms with Crippen molar-refractivity contribution in [3.8, 4) is 0 Å². The molecule has 1 saturated carbocycles. The topological polar surface area (TPSA) is 45.2 Å². The average Bonchev–Trinajstić information content (AvgIpc) is 3.18. The van der Waals surface area contributed by atoms with Gasteiger partial charge in [0, 0.05) is 25.0 Å². The number of hydrogen-bond acceptors (Lipinski definition) is 3. The summed E-state index contributed by atoms with van der Waals surface area (Å²) in [7, 11) is 0. The SMILES string of the molecule is CC1CCNC1C(=O)N(Cc1ccncc1)C1CC1. The van der Waals surface area contributed by atoms with E-state index < -0.39 is 0 Å². The fraction of sp³-hybridized carbons (Fsp3) is 0.600. The fourth-order valence-electron chi connectivity index (χ4n) is 2.80. The highest BCUT2D eigenvalue weighted by atomic mass is 16.2. The normalized spacial score (nSPS) is 26.4. The molecule has 1 aliphatic heterocycles. The van der Waals surface area contributed by atoms with E-state index in [1.165, 1.54) is 5.56 Å². The minimum atomic E-state index is 0.0161. The van der Waals surface area contributed by atoms with Crippen molar-refractivity contribution in [1.29, 1.82) is 0 Å². The van der Waals surface area contributed by atoms with Crippen LogP contribution in [-0.4, -0.2) is 34.4 Å². The Morgan fingerprint density at radius 2 is 2.11 bits per heavy atom. The van der Waals surface area contributed by atoms with Crippen LogP contribution in [0.15, 0.2) is 24.5 Å². The molecular weight excluding hydrogens is 238 g/mol. The highest BCUT2D eigenvalue weighted by molar-refractivity contribution is 5.83. The maximum absolute atomic E-state index is 12.7. The van der Waals surface area contributed by atoms with Crippen molar-refractivity contribution in [3.63, 3.8) is 0 Å². The van der Waals surface area contributed by atoms with Crippen LogP contribution < -0.4 is 5.32 Å². The van der Waals surface area contributed by atoms with Crippen LogP contribution in [0.4, 0.5) is 0 Å². The molecule has 2 heterocycles. The summed E-state index contributed by atoms with van der Waals surface area (Å²) >= 11 is 0. The molecule has 4 nitrogen and oxygen atoms in total. The zero-order chi connectivity index (χ0) is 13.2. The van der Waals surface area contributed by atoms with E-state index in [0.29, 0.717) is 12.0 Å². The number of nitrogens with zero attached hydrogens (tertiary/aromatic N) is 2. The zero-order valence-corrected chi connectivity index (χ0v) is 11.4. The second-order valence-electron chi connectivity index (χ2n) is 5.75. The van der Waals surface area contributed by atoms with Crippen LogP contribution in [0.3, 0.4) is 0 Å². The van der Waals surface area contributed by atoms with Crippen molar-refractivity contribution in [2.24, 2.45) is 5.92 Å². The Balaban J connectivity index is 1.72. The van der Waals surface area contributed by atoms with Gasteiger partial charge in [0.25, 0.3) is 0 Å². The lowest BCUT2D eigenvalue weighted by atomic mass is 10.0. The van der Waals surface area contributed by atoms with Gasteiger partial charge < -0.3 is 10.2 Å². The van der Waals surface area contributed by atoms with E-state index in [0.717, 1.165) is 32.4 Å². The van der Waals surface area contributed by atoms with Crippen LogP contribution in [-0.2, 0) is 11.3 Å². The molecule has 2 fully saturated rings. The minimum absolute atomic E-state index is 0.0161. The molecular formula is C15H21N3O. The smallest absolute Gasteiger partial charge is 0.240 e. The monoisotopic (exact) mass is 259 g/mol. The zero-order valence-electron chi connectivity index (χ0n) is 11.4. The number of nitrogens with one attached hydrogen (secondary N) is 1. The molecule has 2 unspecified atom stereocenters. The van der Waals surface area contributed by atoms with Gasteiger partial charge in [-0.25, -0.2) is 0 Å². The molecule has 2 atom stereocenters. The molecule has 1 saturated heterocycles. The van der Waals surface area contributed by atoms with E-state index in [2.05, 4.69) is 22.1 Å². The first kappa shape index (κ1) is 12.6. The van der Waals surface area contributed by atoms with Crippen LogP contribution in [0.1, 0.15) is 31.7 Å². The molecule has 1 aliphatic carbocycles. The average molecular weight is 259 g/mol. The molecule has 0 aromatic carbocycles. The van der Waals surface area contributed by atoms with E-state index in [1.54, 1.807) is 12.4 Å². The second-order valence-corrected chi connectivity index (χ2v) is 5.75. The Kier molecular flexibility index (Phi) is 3.51. The predicted octanol–water partition coefficient (Wildman–Crippen LogP) is 1.57. The Labute approximate surface area is 114 Å². The van der Waals surface area contributed by atoms with E-state index in [1.807, 2.05) is 12.1 Å². The number of carbonyl (C=O) groups is 1. The molecule has 2 aliphatic rings. The predicted molar refractivity (Wildman–Crippen MR) is 73.4 cm³/mol. The molecule has 0 bridgehead atoms. The van der Waals surface area contributed by atoms with Gasteiger partial charge in [-0.1, -0.05) is 6.92 Å². The van der Waals surface area contributed by atoms with Crippen molar-refractivity contribution >= 4 is 5.91 Å². The van der Waals surface area contributed by atoms with E-state index >= 15 is 0 Å². The highest BCUT2D eigenvalue weighted by Crippen LogP contribution is 2.30. The van der Waals surface area contributed by atoms with Gasteiger partial charge in [-0.3, -0.25) is 9.78 Å². The molecule has 1 N–H and O–H groups in total. The molecule has 19 heavy (non-hydrogen) atoms. The first-order valence-corrected chi connectivity index (χ1v) is 7.18. The number of rotatable bonds is 4. The van der Waals surface area contributed by atoms with Gasteiger partial charge in [-0.2, -0.15) is 0 Å². The summed E-state index contributed by atoms with van der Waals surface area (Å²) < 4.78 is 0. The van der Waals surface area contributed by atoms with Crippen LogP contribution >= 0.6 is 0 Å². The number of pyridine rings is 1. The Morgan fingerprint density at radius 3 is 2.68 bits per heavy atom. The van der Waals surface area contributed by atoms with Crippen molar-refractivity contribution in [3.05, 3.63) is 30.1 Å². The quantitative estimate of drug-likeness (QED) is 0.892. The standard InChI is InChI=1S/C15H21N3O/c1-11-4-9-17-14(11)15(19)18(13-2-3-13)10-12-5-7-16-8-6-12/h5-8,11,13-14,17H,2-4,9-10H2,1H3. The molecule has 3 rings (SSSR count). The molecule has 0 spiro atoms. The summed E-state index contributed by atoms with van der Waals surface area (Å²) in [5.74, 6) is 0.732. The van der Waals surface area contributed by atoms with Gasteiger partial charge in [0.1, 0.15) is 0 Å². The molecule has 1 amide bonds. The number of carbonyl (C=O) groups excluding carboxylic acids is 1. The first-order valence-electron chi connectivity index (χ1n) is 7.18. The lowest BCUT2D eigenvalue weighted by Gasteiger charge is -2.27.